The van der Waals surface area contributed by atoms with Crippen LogP contribution in [-0.4, -0.2) is 44.7 Å². The maximum absolute atomic E-state index is 11.8. The summed E-state index contributed by atoms with van der Waals surface area (Å²) in [5.41, 5.74) is 1.07. The third-order valence-corrected chi connectivity index (χ3v) is 5.08. The van der Waals surface area contributed by atoms with E-state index in [0.717, 1.165) is 5.56 Å². The van der Waals surface area contributed by atoms with Crippen LogP contribution in [0.2, 0.25) is 0 Å². The van der Waals surface area contributed by atoms with Gasteiger partial charge in [-0.1, -0.05) is 30.3 Å². The van der Waals surface area contributed by atoms with Gasteiger partial charge in [0.25, 0.3) is 0 Å². The van der Waals surface area contributed by atoms with Gasteiger partial charge in [-0.25, -0.2) is 13.2 Å². The van der Waals surface area contributed by atoms with Crippen LogP contribution in [0, 0.1) is 0 Å². The van der Waals surface area contributed by atoms with Gasteiger partial charge in [-0.15, -0.1) is 0 Å². The Bertz CT molecular complexity index is 574. The Labute approximate surface area is 124 Å². The third kappa shape index (κ3) is 4.71. The summed E-state index contributed by atoms with van der Waals surface area (Å²) in [4.78, 5) is 11.5. The van der Waals surface area contributed by atoms with E-state index >= 15 is 0 Å². The van der Waals surface area contributed by atoms with Crippen molar-refractivity contribution in [1.82, 2.24) is 10.6 Å². The number of carbonyl (C=O) groups excluding carboxylic acids is 1. The molecule has 0 unspecified atom stereocenters. The van der Waals surface area contributed by atoms with E-state index in [1.807, 2.05) is 30.3 Å². The molecular weight excluding hydrogens is 292 g/mol. The first-order valence-electron chi connectivity index (χ1n) is 6.91. The summed E-state index contributed by atoms with van der Waals surface area (Å²) in [6.07, 6.45) is -0.578. The van der Waals surface area contributed by atoms with Crippen LogP contribution >= 0.6 is 0 Å². The Kier molecular flexibility index (Phi) is 5.19. The van der Waals surface area contributed by atoms with Crippen molar-refractivity contribution in [3.05, 3.63) is 35.9 Å². The second-order valence-corrected chi connectivity index (χ2v) is 7.18. The van der Waals surface area contributed by atoms with Crippen molar-refractivity contribution in [3.63, 3.8) is 0 Å². The Morgan fingerprint density at radius 1 is 1.24 bits per heavy atom. The zero-order valence-corrected chi connectivity index (χ0v) is 12.7. The van der Waals surface area contributed by atoms with Gasteiger partial charge in [0.05, 0.1) is 24.2 Å². The van der Waals surface area contributed by atoms with E-state index < -0.39 is 22.0 Å². The molecule has 6 nitrogen and oxygen atoms in total. The molecular formula is C14H20N2O4S. The van der Waals surface area contributed by atoms with E-state index in [4.69, 9.17) is 4.74 Å². The molecule has 0 aliphatic carbocycles. The largest absolute Gasteiger partial charge is 0.450 e. The van der Waals surface area contributed by atoms with Gasteiger partial charge >= 0.3 is 6.09 Å². The quantitative estimate of drug-likeness (QED) is 0.835. The van der Waals surface area contributed by atoms with Gasteiger partial charge in [0.1, 0.15) is 0 Å². The molecule has 21 heavy (non-hydrogen) atoms. The SMILES string of the molecule is CCOC(=O)N[C@H]1CS(=O)(=O)C[C@H]1NCc1ccccc1. The molecule has 1 aromatic carbocycles. The highest BCUT2D eigenvalue weighted by Gasteiger charge is 2.38. The zero-order valence-electron chi connectivity index (χ0n) is 11.9. The molecule has 2 rings (SSSR count). The number of benzene rings is 1. The van der Waals surface area contributed by atoms with E-state index in [1.165, 1.54) is 0 Å². The fourth-order valence-corrected chi connectivity index (χ4v) is 4.26. The van der Waals surface area contributed by atoms with Gasteiger partial charge in [-0.05, 0) is 12.5 Å². The average molecular weight is 312 g/mol. The van der Waals surface area contributed by atoms with Crippen molar-refractivity contribution in [2.75, 3.05) is 18.1 Å². The minimum absolute atomic E-state index is 0.0247. The van der Waals surface area contributed by atoms with Crippen molar-refractivity contribution in [1.29, 1.82) is 0 Å². The van der Waals surface area contributed by atoms with E-state index in [2.05, 4.69) is 10.6 Å². The fraction of sp³-hybridized carbons (Fsp3) is 0.500. The second-order valence-electron chi connectivity index (χ2n) is 5.02. The lowest BCUT2D eigenvalue weighted by Crippen LogP contribution is -2.49. The monoisotopic (exact) mass is 312 g/mol. The van der Waals surface area contributed by atoms with Crippen molar-refractivity contribution in [2.45, 2.75) is 25.6 Å². The molecule has 0 bridgehead atoms. The molecule has 1 aliphatic heterocycles. The highest BCUT2D eigenvalue weighted by molar-refractivity contribution is 7.91. The molecule has 1 aromatic rings. The number of amides is 1. The minimum atomic E-state index is -3.14. The van der Waals surface area contributed by atoms with E-state index in [1.54, 1.807) is 6.92 Å². The molecule has 0 aromatic heterocycles. The summed E-state index contributed by atoms with van der Waals surface area (Å²) in [6.45, 7) is 2.52. The van der Waals surface area contributed by atoms with Crippen LogP contribution in [0.1, 0.15) is 12.5 Å². The summed E-state index contributed by atoms with van der Waals surface area (Å²) in [6, 6.07) is 8.94. The summed E-state index contributed by atoms with van der Waals surface area (Å²) in [5.74, 6) is -0.0326. The van der Waals surface area contributed by atoms with Gasteiger partial charge in [0.15, 0.2) is 9.84 Å². The smallest absolute Gasteiger partial charge is 0.407 e. The van der Waals surface area contributed by atoms with Gasteiger partial charge in [-0.2, -0.15) is 0 Å². The van der Waals surface area contributed by atoms with Gasteiger partial charge in [0, 0.05) is 12.6 Å². The average Bonchev–Trinajstić information content (AvgIpc) is 2.72. The maximum Gasteiger partial charge on any atom is 0.407 e. The fourth-order valence-electron chi connectivity index (χ4n) is 2.36. The lowest BCUT2D eigenvalue weighted by molar-refractivity contribution is 0.147. The van der Waals surface area contributed by atoms with Crippen LogP contribution in [0.25, 0.3) is 0 Å². The lowest BCUT2D eigenvalue weighted by atomic mass is 10.1. The predicted molar refractivity (Wildman–Crippen MR) is 79.7 cm³/mol. The number of alkyl carbamates (subject to hydrolysis) is 1. The van der Waals surface area contributed by atoms with Crippen LogP contribution in [0.15, 0.2) is 30.3 Å². The molecule has 1 heterocycles. The number of ether oxygens (including phenoxy) is 1. The molecule has 0 spiro atoms. The highest BCUT2D eigenvalue weighted by atomic mass is 32.2. The molecule has 0 radical (unpaired) electrons. The first kappa shape index (κ1) is 15.8. The Morgan fingerprint density at radius 3 is 2.57 bits per heavy atom. The summed E-state index contributed by atoms with van der Waals surface area (Å²) < 4.78 is 28.4. The molecule has 1 fully saturated rings. The van der Waals surface area contributed by atoms with Crippen LogP contribution in [0.5, 0.6) is 0 Å². The zero-order chi connectivity index (χ0) is 15.3. The lowest BCUT2D eigenvalue weighted by Gasteiger charge is -2.20. The van der Waals surface area contributed by atoms with E-state index in [0.29, 0.717) is 6.54 Å². The summed E-state index contributed by atoms with van der Waals surface area (Å²) >= 11 is 0. The van der Waals surface area contributed by atoms with Crippen molar-refractivity contribution >= 4 is 15.9 Å². The van der Waals surface area contributed by atoms with Crippen LogP contribution in [0.3, 0.4) is 0 Å². The normalized spacial score (nSPS) is 23.7. The van der Waals surface area contributed by atoms with Gasteiger partial charge in [0.2, 0.25) is 0 Å². The molecule has 1 amide bonds. The summed E-state index contributed by atoms with van der Waals surface area (Å²) in [5, 5.41) is 5.82. The number of hydrogen-bond donors (Lipinski definition) is 2. The molecule has 116 valence electrons. The first-order chi connectivity index (χ1) is 10.00. The molecule has 0 saturated carbocycles. The minimum Gasteiger partial charge on any atom is -0.450 e. The van der Waals surface area contributed by atoms with Crippen LogP contribution in [0.4, 0.5) is 4.79 Å². The number of carbonyl (C=O) groups is 1. The van der Waals surface area contributed by atoms with E-state index in [-0.39, 0.29) is 24.2 Å². The number of hydrogen-bond acceptors (Lipinski definition) is 5. The topological polar surface area (TPSA) is 84.5 Å². The van der Waals surface area contributed by atoms with Crippen molar-refractivity contribution in [2.24, 2.45) is 0 Å². The number of rotatable bonds is 5. The Balaban J connectivity index is 1.96. The van der Waals surface area contributed by atoms with Crippen LogP contribution < -0.4 is 10.6 Å². The first-order valence-corrected chi connectivity index (χ1v) is 8.73. The maximum atomic E-state index is 11.8. The number of nitrogens with one attached hydrogen (secondary N) is 2. The summed E-state index contributed by atoms with van der Waals surface area (Å²) in [7, 11) is -3.14. The predicted octanol–water partition coefficient (Wildman–Crippen LogP) is 0.688. The molecule has 1 aliphatic rings. The second kappa shape index (κ2) is 6.91. The molecule has 2 atom stereocenters. The van der Waals surface area contributed by atoms with Crippen molar-refractivity contribution in [3.8, 4) is 0 Å². The van der Waals surface area contributed by atoms with Gasteiger partial charge in [-0.3, -0.25) is 0 Å². The Morgan fingerprint density at radius 2 is 1.90 bits per heavy atom. The standard InChI is InChI=1S/C14H20N2O4S/c1-2-20-14(17)16-13-10-21(18,19)9-12(13)15-8-11-6-4-3-5-7-11/h3-7,12-13,15H,2,8-10H2,1H3,(H,16,17)/t12-,13+/m1/s1. The van der Waals surface area contributed by atoms with E-state index in [9.17, 15) is 13.2 Å². The Hall–Kier alpha value is -1.60. The van der Waals surface area contributed by atoms with Gasteiger partial charge < -0.3 is 15.4 Å². The molecule has 1 saturated heterocycles. The number of sulfone groups is 1. The van der Waals surface area contributed by atoms with Crippen LogP contribution in [-0.2, 0) is 21.1 Å². The molecule has 7 heteroatoms. The highest BCUT2D eigenvalue weighted by Crippen LogP contribution is 2.14. The van der Waals surface area contributed by atoms with Crippen molar-refractivity contribution < 1.29 is 17.9 Å². The third-order valence-electron chi connectivity index (χ3n) is 3.34. The molecule has 2 N–H and O–H groups in total.